The van der Waals surface area contributed by atoms with Crippen molar-refractivity contribution in [3.8, 4) is 0 Å². The van der Waals surface area contributed by atoms with E-state index in [0.717, 1.165) is 37.1 Å². The van der Waals surface area contributed by atoms with Crippen LogP contribution >= 0.6 is 0 Å². The molecule has 2 aromatic rings. The Bertz CT molecular complexity index is 881. The predicted octanol–water partition coefficient (Wildman–Crippen LogP) is 7.33. The highest BCUT2D eigenvalue weighted by atomic mass is 19.4. The van der Waals surface area contributed by atoms with Crippen molar-refractivity contribution in [1.29, 1.82) is 0 Å². The van der Waals surface area contributed by atoms with Gasteiger partial charge in [-0.05, 0) is 73.2 Å². The Morgan fingerprint density at radius 1 is 0.600 bits per heavy atom. The molecule has 2 aromatic carbocycles. The fraction of sp³-hybridized carbons (Fsp3) is 0.261. The molecule has 3 rings (SSSR count). The summed E-state index contributed by atoms with van der Waals surface area (Å²) in [6.45, 7) is 0. The first-order valence-corrected chi connectivity index (χ1v) is 9.34. The topological polar surface area (TPSA) is 17.1 Å². The lowest BCUT2D eigenvalue weighted by atomic mass is 9.97. The van der Waals surface area contributed by atoms with Gasteiger partial charge in [0.15, 0.2) is 5.78 Å². The van der Waals surface area contributed by atoms with Crippen LogP contribution in [0.1, 0.15) is 47.9 Å². The van der Waals surface area contributed by atoms with Crippen molar-refractivity contribution < 1.29 is 31.1 Å². The van der Waals surface area contributed by atoms with Crippen LogP contribution in [0.4, 0.5) is 26.3 Å². The molecule has 1 aliphatic rings. The molecule has 30 heavy (non-hydrogen) atoms. The zero-order valence-electron chi connectivity index (χ0n) is 15.8. The third kappa shape index (κ3) is 5.40. The first-order valence-electron chi connectivity index (χ1n) is 9.34. The second-order valence-electron chi connectivity index (χ2n) is 7.11. The molecular weight excluding hydrogens is 406 g/mol. The van der Waals surface area contributed by atoms with E-state index in [9.17, 15) is 31.1 Å². The molecule has 1 fully saturated rings. The van der Waals surface area contributed by atoms with E-state index in [1.54, 1.807) is 12.2 Å². The molecular formula is C23H18F6O. The number of Topliss-reactive ketones (excluding diaryl/α,β-unsaturated/α-hetero) is 1. The Balaban J connectivity index is 1.85. The molecule has 0 amide bonds. The van der Waals surface area contributed by atoms with Crippen LogP contribution in [0.2, 0.25) is 0 Å². The van der Waals surface area contributed by atoms with Crippen LogP contribution in [-0.2, 0) is 17.1 Å². The number of carbonyl (C=O) groups excluding carboxylic acids is 1. The van der Waals surface area contributed by atoms with Gasteiger partial charge in [-0.1, -0.05) is 24.3 Å². The summed E-state index contributed by atoms with van der Waals surface area (Å²) in [6.07, 6.45) is -3.24. The van der Waals surface area contributed by atoms with E-state index in [-0.39, 0.29) is 5.78 Å². The average molecular weight is 424 g/mol. The Kier molecular flexibility index (Phi) is 6.19. The highest BCUT2D eigenvalue weighted by Gasteiger charge is 2.30. The van der Waals surface area contributed by atoms with Crippen molar-refractivity contribution in [2.24, 2.45) is 0 Å². The standard InChI is InChI=1S/C23H18F6O/c24-22(25,26)19-9-5-15(6-10-19)13-17-3-1-2-4-18(21(17)30)14-16-7-11-20(12-8-16)23(27,28)29/h5-14H,1-4H2. The molecule has 0 atom stereocenters. The Morgan fingerprint density at radius 3 is 1.23 bits per heavy atom. The number of allylic oxidation sites excluding steroid dienone is 2. The van der Waals surface area contributed by atoms with Gasteiger partial charge in [-0.3, -0.25) is 4.79 Å². The Labute approximate surface area is 169 Å². The molecule has 0 N–H and O–H groups in total. The zero-order valence-corrected chi connectivity index (χ0v) is 15.8. The smallest absolute Gasteiger partial charge is 0.289 e. The van der Waals surface area contributed by atoms with Crippen LogP contribution in [0.15, 0.2) is 59.7 Å². The number of carbonyl (C=O) groups is 1. The van der Waals surface area contributed by atoms with Crippen molar-refractivity contribution >= 4 is 17.9 Å². The summed E-state index contributed by atoms with van der Waals surface area (Å²) >= 11 is 0. The predicted molar refractivity (Wildman–Crippen MR) is 102 cm³/mol. The van der Waals surface area contributed by atoms with E-state index in [0.29, 0.717) is 35.1 Å². The fourth-order valence-corrected chi connectivity index (χ4v) is 3.28. The Morgan fingerprint density at radius 2 is 0.933 bits per heavy atom. The molecule has 1 saturated carbocycles. The van der Waals surface area contributed by atoms with E-state index < -0.39 is 23.5 Å². The minimum absolute atomic E-state index is 0.229. The van der Waals surface area contributed by atoms with Crippen molar-refractivity contribution in [2.45, 2.75) is 38.0 Å². The molecule has 0 aromatic heterocycles. The number of hydrogen-bond acceptors (Lipinski definition) is 1. The van der Waals surface area contributed by atoms with Gasteiger partial charge in [-0.25, -0.2) is 0 Å². The molecule has 0 aliphatic heterocycles. The molecule has 0 bridgehead atoms. The van der Waals surface area contributed by atoms with Crippen LogP contribution in [0.5, 0.6) is 0 Å². The minimum atomic E-state index is -4.43. The molecule has 0 spiro atoms. The third-order valence-corrected chi connectivity index (χ3v) is 4.88. The number of ketones is 1. The summed E-state index contributed by atoms with van der Waals surface area (Å²) < 4.78 is 76.2. The SMILES string of the molecule is O=C1C(=Cc2ccc(C(F)(F)F)cc2)CCCCC1=Cc1ccc(C(F)(F)F)cc1. The molecule has 158 valence electrons. The molecule has 0 saturated heterocycles. The van der Waals surface area contributed by atoms with Gasteiger partial charge in [0.25, 0.3) is 0 Å². The lowest BCUT2D eigenvalue weighted by Gasteiger charge is -2.09. The average Bonchev–Trinajstić information content (AvgIpc) is 2.84. The molecule has 0 heterocycles. The van der Waals surface area contributed by atoms with Gasteiger partial charge in [0.2, 0.25) is 0 Å². The number of alkyl halides is 6. The van der Waals surface area contributed by atoms with Gasteiger partial charge in [-0.2, -0.15) is 26.3 Å². The summed E-state index contributed by atoms with van der Waals surface area (Å²) in [4.78, 5) is 12.9. The Hall–Kier alpha value is -2.83. The normalized spacial score (nSPS) is 18.7. The summed E-state index contributed by atoms with van der Waals surface area (Å²) in [5.41, 5.74) is 0.402. The van der Waals surface area contributed by atoms with E-state index >= 15 is 0 Å². The lowest BCUT2D eigenvalue weighted by Crippen LogP contribution is -2.05. The second-order valence-corrected chi connectivity index (χ2v) is 7.11. The summed E-state index contributed by atoms with van der Waals surface area (Å²) in [5, 5.41) is 0. The summed E-state index contributed by atoms with van der Waals surface area (Å²) in [5.74, 6) is -0.229. The van der Waals surface area contributed by atoms with Crippen LogP contribution < -0.4 is 0 Å². The summed E-state index contributed by atoms with van der Waals surface area (Å²) in [6, 6.07) is 9.11. The van der Waals surface area contributed by atoms with Crippen molar-refractivity contribution in [2.75, 3.05) is 0 Å². The number of hydrogen-bond donors (Lipinski definition) is 0. The van der Waals surface area contributed by atoms with Crippen LogP contribution in [0.25, 0.3) is 12.2 Å². The van der Waals surface area contributed by atoms with Gasteiger partial charge >= 0.3 is 12.4 Å². The third-order valence-electron chi connectivity index (χ3n) is 4.88. The van der Waals surface area contributed by atoms with Gasteiger partial charge in [0, 0.05) is 11.1 Å². The van der Waals surface area contributed by atoms with E-state index in [1.807, 2.05) is 0 Å². The maximum Gasteiger partial charge on any atom is 0.416 e. The number of halogens is 6. The molecule has 0 radical (unpaired) electrons. The van der Waals surface area contributed by atoms with Gasteiger partial charge in [0.05, 0.1) is 11.1 Å². The van der Waals surface area contributed by atoms with Gasteiger partial charge < -0.3 is 0 Å². The van der Waals surface area contributed by atoms with Crippen molar-refractivity contribution in [1.82, 2.24) is 0 Å². The minimum Gasteiger partial charge on any atom is -0.289 e. The van der Waals surface area contributed by atoms with Gasteiger partial charge in [0.1, 0.15) is 0 Å². The van der Waals surface area contributed by atoms with E-state index in [4.69, 9.17) is 0 Å². The number of benzene rings is 2. The first-order chi connectivity index (χ1) is 14.0. The summed E-state index contributed by atoms with van der Waals surface area (Å²) in [7, 11) is 0. The maximum absolute atomic E-state index is 12.9. The lowest BCUT2D eigenvalue weighted by molar-refractivity contribution is -0.138. The highest BCUT2D eigenvalue weighted by Crippen LogP contribution is 2.32. The fourth-order valence-electron chi connectivity index (χ4n) is 3.28. The van der Waals surface area contributed by atoms with Gasteiger partial charge in [-0.15, -0.1) is 0 Å². The molecule has 7 heteroatoms. The highest BCUT2D eigenvalue weighted by molar-refractivity contribution is 6.13. The maximum atomic E-state index is 12.9. The van der Waals surface area contributed by atoms with E-state index in [2.05, 4.69) is 0 Å². The zero-order chi connectivity index (χ0) is 21.9. The quantitative estimate of drug-likeness (QED) is 0.280. The largest absolute Gasteiger partial charge is 0.416 e. The van der Waals surface area contributed by atoms with Crippen molar-refractivity contribution in [3.05, 3.63) is 81.9 Å². The van der Waals surface area contributed by atoms with Crippen LogP contribution in [0, 0.1) is 0 Å². The van der Waals surface area contributed by atoms with E-state index in [1.165, 1.54) is 24.3 Å². The molecule has 1 aliphatic carbocycles. The van der Waals surface area contributed by atoms with Crippen molar-refractivity contribution in [3.63, 3.8) is 0 Å². The first kappa shape index (κ1) is 21.9. The molecule has 1 nitrogen and oxygen atoms in total. The molecule has 0 unspecified atom stereocenters. The van der Waals surface area contributed by atoms with Crippen LogP contribution in [-0.4, -0.2) is 5.78 Å². The second kappa shape index (κ2) is 8.50. The number of rotatable bonds is 2. The monoisotopic (exact) mass is 424 g/mol. The van der Waals surface area contributed by atoms with Crippen LogP contribution in [0.3, 0.4) is 0 Å².